The Bertz CT molecular complexity index is 1140. The highest BCUT2D eigenvalue weighted by atomic mass is 16.2. The van der Waals surface area contributed by atoms with Gasteiger partial charge in [-0.3, -0.25) is 9.48 Å². The standard InChI is InChI=1S/C31H39N3O/c1-5-24(4)18-19-33-21-25(20-32-33)22-34(28-16-14-26(15-17-28)23(2)3)31(35)30-13-9-7-11-27-10-6-8-12-29(27)30/h6,8,10,12,14-17,20-21,23,30H,4-5,7,9,11,13,18-19,22H2,1-3H3. The Hall–Kier alpha value is -3.14. The molecule has 1 unspecified atom stereocenters. The minimum absolute atomic E-state index is 0.110. The van der Waals surface area contributed by atoms with Gasteiger partial charge in [0.05, 0.1) is 18.7 Å². The maximum atomic E-state index is 14.2. The lowest BCUT2D eigenvalue weighted by Gasteiger charge is -2.28. The van der Waals surface area contributed by atoms with Crippen molar-refractivity contribution < 1.29 is 4.79 Å². The average Bonchev–Trinajstić information content (AvgIpc) is 3.22. The number of amides is 1. The lowest BCUT2D eigenvalue weighted by molar-refractivity contribution is -0.120. The van der Waals surface area contributed by atoms with Crippen LogP contribution in [0.5, 0.6) is 0 Å². The molecule has 1 amide bonds. The molecule has 0 saturated carbocycles. The van der Waals surface area contributed by atoms with Crippen LogP contribution in [0.3, 0.4) is 0 Å². The molecule has 0 N–H and O–H groups in total. The summed E-state index contributed by atoms with van der Waals surface area (Å²) in [6.45, 7) is 12.0. The number of carbonyl (C=O) groups is 1. The number of anilines is 1. The van der Waals surface area contributed by atoms with E-state index in [-0.39, 0.29) is 11.8 Å². The van der Waals surface area contributed by atoms with Gasteiger partial charge in [0, 0.05) is 24.0 Å². The molecular weight excluding hydrogens is 430 g/mol. The van der Waals surface area contributed by atoms with Crippen molar-refractivity contribution in [3.05, 3.63) is 95.3 Å². The molecular formula is C31H39N3O. The number of fused-ring (bicyclic) bond motifs is 1. The molecule has 35 heavy (non-hydrogen) atoms. The van der Waals surface area contributed by atoms with Crippen molar-refractivity contribution in [1.29, 1.82) is 0 Å². The molecule has 184 valence electrons. The predicted molar refractivity (Wildman–Crippen MR) is 145 cm³/mol. The van der Waals surface area contributed by atoms with Gasteiger partial charge in [0.1, 0.15) is 0 Å². The molecule has 4 heteroatoms. The van der Waals surface area contributed by atoms with Crippen LogP contribution in [0, 0.1) is 0 Å². The summed E-state index contributed by atoms with van der Waals surface area (Å²) in [6, 6.07) is 17.0. The van der Waals surface area contributed by atoms with Crippen molar-refractivity contribution in [1.82, 2.24) is 9.78 Å². The lowest BCUT2D eigenvalue weighted by Crippen LogP contribution is -2.35. The van der Waals surface area contributed by atoms with Crippen LogP contribution in [0.2, 0.25) is 0 Å². The molecule has 0 aliphatic heterocycles. The quantitative estimate of drug-likeness (QED) is 0.242. The van der Waals surface area contributed by atoms with Gasteiger partial charge in [0.2, 0.25) is 5.91 Å². The molecule has 0 bridgehead atoms. The summed E-state index contributed by atoms with van der Waals surface area (Å²) in [5.41, 5.74) is 7.04. The summed E-state index contributed by atoms with van der Waals surface area (Å²) in [5.74, 6) is 0.531. The molecule has 3 aromatic rings. The smallest absolute Gasteiger partial charge is 0.234 e. The first-order valence-electron chi connectivity index (χ1n) is 13.1. The van der Waals surface area contributed by atoms with Gasteiger partial charge < -0.3 is 4.90 Å². The minimum atomic E-state index is -0.110. The molecule has 0 saturated heterocycles. The number of benzene rings is 2. The zero-order chi connectivity index (χ0) is 24.8. The first-order chi connectivity index (χ1) is 17.0. The van der Waals surface area contributed by atoms with E-state index >= 15 is 0 Å². The van der Waals surface area contributed by atoms with Crippen molar-refractivity contribution in [3.63, 3.8) is 0 Å². The van der Waals surface area contributed by atoms with E-state index in [0.29, 0.717) is 12.5 Å². The first-order valence-corrected chi connectivity index (χ1v) is 13.1. The summed E-state index contributed by atoms with van der Waals surface area (Å²) >= 11 is 0. The van der Waals surface area contributed by atoms with Crippen molar-refractivity contribution in [2.75, 3.05) is 4.90 Å². The highest BCUT2D eigenvalue weighted by Gasteiger charge is 2.30. The summed E-state index contributed by atoms with van der Waals surface area (Å²) in [6.07, 6.45) is 10.1. The fourth-order valence-corrected chi connectivity index (χ4v) is 4.94. The van der Waals surface area contributed by atoms with E-state index in [1.165, 1.54) is 22.3 Å². The molecule has 1 heterocycles. The maximum Gasteiger partial charge on any atom is 0.234 e. The van der Waals surface area contributed by atoms with Gasteiger partial charge in [-0.15, -0.1) is 0 Å². The van der Waals surface area contributed by atoms with Crippen molar-refractivity contribution >= 4 is 11.6 Å². The Morgan fingerprint density at radius 3 is 2.66 bits per heavy atom. The molecule has 0 spiro atoms. The molecule has 2 aromatic carbocycles. The zero-order valence-corrected chi connectivity index (χ0v) is 21.5. The van der Waals surface area contributed by atoms with Crippen LogP contribution in [0.4, 0.5) is 5.69 Å². The van der Waals surface area contributed by atoms with Crippen molar-refractivity contribution in [2.24, 2.45) is 0 Å². The third kappa shape index (κ3) is 6.11. The summed E-state index contributed by atoms with van der Waals surface area (Å²) in [5, 5.41) is 4.57. The molecule has 1 aromatic heterocycles. The van der Waals surface area contributed by atoms with Gasteiger partial charge >= 0.3 is 0 Å². The topological polar surface area (TPSA) is 38.1 Å². The van der Waals surface area contributed by atoms with Gasteiger partial charge in [0.15, 0.2) is 0 Å². The Balaban J connectivity index is 1.63. The summed E-state index contributed by atoms with van der Waals surface area (Å²) < 4.78 is 1.97. The van der Waals surface area contributed by atoms with Crippen LogP contribution in [-0.4, -0.2) is 15.7 Å². The normalized spacial score (nSPS) is 15.5. The Morgan fingerprint density at radius 1 is 1.14 bits per heavy atom. The number of allylic oxidation sites excluding steroid dienone is 1. The van der Waals surface area contributed by atoms with Crippen LogP contribution in [-0.2, 0) is 24.3 Å². The van der Waals surface area contributed by atoms with Gasteiger partial charge in [-0.1, -0.05) is 75.7 Å². The van der Waals surface area contributed by atoms with E-state index in [4.69, 9.17) is 0 Å². The van der Waals surface area contributed by atoms with E-state index in [0.717, 1.165) is 56.3 Å². The van der Waals surface area contributed by atoms with Gasteiger partial charge in [-0.2, -0.15) is 5.10 Å². The second kappa shape index (κ2) is 11.5. The predicted octanol–water partition coefficient (Wildman–Crippen LogP) is 7.41. The van der Waals surface area contributed by atoms with E-state index in [1.807, 2.05) is 15.8 Å². The minimum Gasteiger partial charge on any atom is -0.307 e. The SMILES string of the molecule is C=C(CC)CCn1cc(CN(C(=O)C2CCCCc3ccccc32)c2ccc(C(C)C)cc2)cn1. The maximum absolute atomic E-state index is 14.2. The third-order valence-electron chi connectivity index (χ3n) is 7.28. The number of hydrogen-bond donors (Lipinski definition) is 0. The number of hydrogen-bond acceptors (Lipinski definition) is 2. The second-order valence-electron chi connectivity index (χ2n) is 10.1. The van der Waals surface area contributed by atoms with Crippen molar-refractivity contribution in [3.8, 4) is 0 Å². The Morgan fingerprint density at radius 2 is 1.91 bits per heavy atom. The van der Waals surface area contributed by atoms with Crippen LogP contribution < -0.4 is 4.90 Å². The highest BCUT2D eigenvalue weighted by Crippen LogP contribution is 2.34. The van der Waals surface area contributed by atoms with Crippen molar-refractivity contribution in [2.45, 2.75) is 84.2 Å². The van der Waals surface area contributed by atoms with Gasteiger partial charge in [-0.25, -0.2) is 0 Å². The van der Waals surface area contributed by atoms with Gasteiger partial charge in [0.25, 0.3) is 0 Å². The number of aromatic nitrogens is 2. The van der Waals surface area contributed by atoms with E-state index < -0.39 is 0 Å². The molecule has 0 fully saturated rings. The fourth-order valence-electron chi connectivity index (χ4n) is 4.94. The average molecular weight is 470 g/mol. The largest absolute Gasteiger partial charge is 0.307 e. The number of aryl methyl sites for hydroxylation is 2. The van der Waals surface area contributed by atoms with E-state index in [1.54, 1.807) is 0 Å². The lowest BCUT2D eigenvalue weighted by atomic mass is 9.91. The molecule has 4 rings (SSSR count). The highest BCUT2D eigenvalue weighted by molar-refractivity contribution is 5.98. The number of rotatable bonds is 9. The summed E-state index contributed by atoms with van der Waals surface area (Å²) in [4.78, 5) is 16.2. The molecule has 1 atom stereocenters. The van der Waals surface area contributed by atoms with Crippen LogP contribution >= 0.6 is 0 Å². The number of nitrogens with zero attached hydrogens (tertiary/aromatic N) is 3. The van der Waals surface area contributed by atoms with E-state index in [9.17, 15) is 4.79 Å². The van der Waals surface area contributed by atoms with Crippen LogP contribution in [0.25, 0.3) is 0 Å². The molecule has 0 radical (unpaired) electrons. The number of carbonyl (C=O) groups excluding carboxylic acids is 1. The monoisotopic (exact) mass is 469 g/mol. The van der Waals surface area contributed by atoms with E-state index in [2.05, 4.69) is 87.2 Å². The first kappa shape index (κ1) is 25.0. The Kier molecular flexibility index (Phi) is 8.22. The molecule has 1 aliphatic carbocycles. The molecule has 4 nitrogen and oxygen atoms in total. The van der Waals surface area contributed by atoms with Gasteiger partial charge in [-0.05, 0) is 66.8 Å². The van der Waals surface area contributed by atoms with Crippen LogP contribution in [0.1, 0.15) is 87.0 Å². The second-order valence-corrected chi connectivity index (χ2v) is 10.1. The third-order valence-corrected chi connectivity index (χ3v) is 7.28. The fraction of sp³-hybridized carbons (Fsp3) is 0.419. The zero-order valence-electron chi connectivity index (χ0n) is 21.5. The van der Waals surface area contributed by atoms with Crippen LogP contribution in [0.15, 0.2) is 73.1 Å². The Labute approximate surface area is 210 Å². The molecule has 1 aliphatic rings. The summed E-state index contributed by atoms with van der Waals surface area (Å²) in [7, 11) is 0.